The lowest BCUT2D eigenvalue weighted by Gasteiger charge is -2.30. The number of nitrogens with two attached hydrogens (primary N) is 1. The van der Waals surface area contributed by atoms with Crippen LogP contribution in [0.3, 0.4) is 0 Å². The summed E-state index contributed by atoms with van der Waals surface area (Å²) in [7, 11) is 1.82. The van der Waals surface area contributed by atoms with Crippen LogP contribution in [0, 0.1) is 11.3 Å². The number of nitriles is 1. The Bertz CT molecular complexity index is 512. The molecule has 2 N–H and O–H groups in total. The first kappa shape index (κ1) is 15.5. The van der Waals surface area contributed by atoms with Gasteiger partial charge in [0, 0.05) is 32.7 Å². The van der Waals surface area contributed by atoms with Crippen molar-refractivity contribution in [3.8, 4) is 6.07 Å². The minimum absolute atomic E-state index is 0.120. The molecule has 2 rings (SSSR count). The van der Waals surface area contributed by atoms with E-state index in [0.29, 0.717) is 18.7 Å². The van der Waals surface area contributed by atoms with Gasteiger partial charge in [-0.05, 0) is 30.5 Å². The van der Waals surface area contributed by atoms with Crippen molar-refractivity contribution in [1.82, 2.24) is 9.80 Å². The Morgan fingerprint density at radius 1 is 1.38 bits per heavy atom. The van der Waals surface area contributed by atoms with Crippen LogP contribution in [-0.2, 0) is 11.3 Å². The number of piperidine rings is 1. The minimum atomic E-state index is 0.120. The van der Waals surface area contributed by atoms with E-state index in [4.69, 9.17) is 11.0 Å². The van der Waals surface area contributed by atoms with E-state index in [1.54, 1.807) is 17.0 Å². The second-order valence-electron chi connectivity index (χ2n) is 5.67. The summed E-state index contributed by atoms with van der Waals surface area (Å²) in [5, 5.41) is 8.77. The van der Waals surface area contributed by atoms with E-state index in [2.05, 4.69) is 11.0 Å². The molecule has 5 heteroatoms. The third-order valence-corrected chi connectivity index (χ3v) is 3.92. The second-order valence-corrected chi connectivity index (χ2v) is 5.67. The van der Waals surface area contributed by atoms with Crippen LogP contribution in [0.15, 0.2) is 24.3 Å². The number of carbonyl (C=O) groups is 1. The van der Waals surface area contributed by atoms with E-state index < -0.39 is 0 Å². The van der Waals surface area contributed by atoms with Gasteiger partial charge in [-0.1, -0.05) is 12.1 Å². The number of rotatable bonds is 4. The molecular formula is C16H22N4O. The number of likely N-dealkylation sites (N-methyl/N-ethyl adjacent to an activating group) is 1. The van der Waals surface area contributed by atoms with Crippen LogP contribution >= 0.6 is 0 Å². The average Bonchev–Trinajstić information content (AvgIpc) is 2.50. The molecule has 0 atom stereocenters. The Morgan fingerprint density at radius 3 is 2.57 bits per heavy atom. The predicted molar refractivity (Wildman–Crippen MR) is 81.3 cm³/mol. The molecule has 1 amide bonds. The lowest BCUT2D eigenvalue weighted by molar-refractivity contribution is -0.131. The van der Waals surface area contributed by atoms with Gasteiger partial charge in [0.15, 0.2) is 0 Å². The highest BCUT2D eigenvalue weighted by atomic mass is 16.2. The molecule has 0 radical (unpaired) electrons. The summed E-state index contributed by atoms with van der Waals surface area (Å²) in [4.78, 5) is 16.1. The first-order valence-electron chi connectivity index (χ1n) is 7.29. The van der Waals surface area contributed by atoms with E-state index in [9.17, 15) is 4.79 Å². The summed E-state index contributed by atoms with van der Waals surface area (Å²) >= 11 is 0. The highest BCUT2D eigenvalue weighted by Crippen LogP contribution is 2.10. The van der Waals surface area contributed by atoms with Gasteiger partial charge in [-0.3, -0.25) is 9.69 Å². The lowest BCUT2D eigenvalue weighted by atomic mass is 10.1. The molecular weight excluding hydrogens is 264 g/mol. The first-order valence-corrected chi connectivity index (χ1v) is 7.29. The lowest BCUT2D eigenvalue weighted by Crippen LogP contribution is -2.44. The fourth-order valence-corrected chi connectivity index (χ4v) is 2.47. The molecule has 1 saturated heterocycles. The third kappa shape index (κ3) is 4.55. The maximum Gasteiger partial charge on any atom is 0.236 e. The topological polar surface area (TPSA) is 73.4 Å². The Balaban J connectivity index is 1.83. The number of hydrogen-bond donors (Lipinski definition) is 1. The van der Waals surface area contributed by atoms with Gasteiger partial charge in [-0.2, -0.15) is 5.26 Å². The number of hydrogen-bond acceptors (Lipinski definition) is 4. The normalized spacial score (nSPS) is 16.4. The standard InChI is InChI=1S/C16H22N4O/c1-19(11-14-4-2-13(10-17)3-5-14)16(21)12-20-8-6-15(18)7-9-20/h2-5,15H,6-9,11-12,18H2,1H3. The summed E-state index contributed by atoms with van der Waals surface area (Å²) in [6.07, 6.45) is 1.93. The highest BCUT2D eigenvalue weighted by Gasteiger charge is 2.19. The van der Waals surface area contributed by atoms with E-state index in [1.165, 1.54) is 0 Å². The van der Waals surface area contributed by atoms with Crippen molar-refractivity contribution in [3.63, 3.8) is 0 Å². The molecule has 1 aliphatic rings. The second kappa shape index (κ2) is 7.21. The average molecular weight is 286 g/mol. The summed E-state index contributed by atoms with van der Waals surface area (Å²) in [5.41, 5.74) is 7.54. The monoisotopic (exact) mass is 286 g/mol. The zero-order valence-electron chi connectivity index (χ0n) is 12.5. The number of carbonyl (C=O) groups excluding carboxylic acids is 1. The zero-order chi connectivity index (χ0) is 15.2. The Labute approximate surface area is 125 Å². The number of amides is 1. The van der Waals surface area contributed by atoms with Gasteiger partial charge in [0.2, 0.25) is 5.91 Å². The zero-order valence-corrected chi connectivity index (χ0v) is 12.5. The van der Waals surface area contributed by atoms with Gasteiger partial charge in [0.25, 0.3) is 0 Å². The van der Waals surface area contributed by atoms with Crippen molar-refractivity contribution in [3.05, 3.63) is 35.4 Å². The van der Waals surface area contributed by atoms with Crippen molar-refractivity contribution in [1.29, 1.82) is 5.26 Å². The highest BCUT2D eigenvalue weighted by molar-refractivity contribution is 5.78. The van der Waals surface area contributed by atoms with Gasteiger partial charge in [-0.25, -0.2) is 0 Å². The van der Waals surface area contributed by atoms with E-state index in [0.717, 1.165) is 31.5 Å². The molecule has 0 saturated carbocycles. The molecule has 5 nitrogen and oxygen atoms in total. The largest absolute Gasteiger partial charge is 0.340 e. The van der Waals surface area contributed by atoms with E-state index in [1.807, 2.05) is 19.2 Å². The molecule has 1 aliphatic heterocycles. The summed E-state index contributed by atoms with van der Waals surface area (Å²) in [5.74, 6) is 0.120. The maximum atomic E-state index is 12.2. The Hall–Kier alpha value is -1.90. The molecule has 1 heterocycles. The molecule has 0 unspecified atom stereocenters. The Morgan fingerprint density at radius 2 is 2.00 bits per heavy atom. The Kier molecular flexibility index (Phi) is 5.32. The number of nitrogens with zero attached hydrogens (tertiary/aromatic N) is 3. The molecule has 1 aromatic rings. The van der Waals surface area contributed by atoms with Crippen LogP contribution in [-0.4, -0.2) is 48.4 Å². The number of likely N-dealkylation sites (tertiary alicyclic amines) is 1. The molecule has 112 valence electrons. The summed E-state index contributed by atoms with van der Waals surface area (Å²) < 4.78 is 0. The molecule has 0 aromatic heterocycles. The van der Waals surface area contributed by atoms with Gasteiger partial charge in [-0.15, -0.1) is 0 Å². The molecule has 1 fully saturated rings. The van der Waals surface area contributed by atoms with Crippen LogP contribution in [0.25, 0.3) is 0 Å². The van der Waals surface area contributed by atoms with E-state index in [-0.39, 0.29) is 11.9 Å². The summed E-state index contributed by atoms with van der Waals surface area (Å²) in [6, 6.07) is 9.71. The van der Waals surface area contributed by atoms with Crippen LogP contribution in [0.5, 0.6) is 0 Å². The van der Waals surface area contributed by atoms with Gasteiger partial charge in [0.1, 0.15) is 0 Å². The van der Waals surface area contributed by atoms with Crippen molar-refractivity contribution in [2.24, 2.45) is 5.73 Å². The smallest absolute Gasteiger partial charge is 0.236 e. The van der Waals surface area contributed by atoms with Gasteiger partial charge in [0.05, 0.1) is 18.2 Å². The van der Waals surface area contributed by atoms with Gasteiger partial charge < -0.3 is 10.6 Å². The van der Waals surface area contributed by atoms with Crippen molar-refractivity contribution < 1.29 is 4.79 Å². The molecule has 1 aromatic carbocycles. The van der Waals surface area contributed by atoms with Crippen LogP contribution in [0.2, 0.25) is 0 Å². The minimum Gasteiger partial charge on any atom is -0.340 e. The third-order valence-electron chi connectivity index (χ3n) is 3.92. The molecule has 0 bridgehead atoms. The fourth-order valence-electron chi connectivity index (χ4n) is 2.47. The maximum absolute atomic E-state index is 12.2. The van der Waals surface area contributed by atoms with E-state index >= 15 is 0 Å². The van der Waals surface area contributed by atoms with Crippen LogP contribution < -0.4 is 5.73 Å². The SMILES string of the molecule is CN(Cc1ccc(C#N)cc1)C(=O)CN1CCC(N)CC1. The predicted octanol–water partition coefficient (Wildman–Crippen LogP) is 0.940. The number of benzene rings is 1. The fraction of sp³-hybridized carbons (Fsp3) is 0.500. The van der Waals surface area contributed by atoms with Crippen LogP contribution in [0.1, 0.15) is 24.0 Å². The van der Waals surface area contributed by atoms with Crippen molar-refractivity contribution >= 4 is 5.91 Å². The van der Waals surface area contributed by atoms with Crippen molar-refractivity contribution in [2.45, 2.75) is 25.4 Å². The van der Waals surface area contributed by atoms with Crippen molar-refractivity contribution in [2.75, 3.05) is 26.7 Å². The molecule has 0 spiro atoms. The van der Waals surface area contributed by atoms with Gasteiger partial charge >= 0.3 is 0 Å². The molecule has 0 aliphatic carbocycles. The summed E-state index contributed by atoms with van der Waals surface area (Å²) in [6.45, 7) is 2.83. The van der Waals surface area contributed by atoms with Crippen LogP contribution in [0.4, 0.5) is 0 Å². The quantitative estimate of drug-likeness (QED) is 0.894. The first-order chi connectivity index (χ1) is 10.1. The molecule has 21 heavy (non-hydrogen) atoms.